The van der Waals surface area contributed by atoms with Crippen molar-refractivity contribution in [1.82, 2.24) is 9.47 Å². The Morgan fingerprint density at radius 3 is 2.61 bits per heavy atom. The number of hydrogen-bond acceptors (Lipinski definition) is 3. The van der Waals surface area contributed by atoms with Gasteiger partial charge in [-0.3, -0.25) is 4.79 Å². The molecular formula is C17H21N3O3. The molecule has 0 fully saturated rings. The van der Waals surface area contributed by atoms with Crippen LogP contribution >= 0.6 is 0 Å². The van der Waals surface area contributed by atoms with Gasteiger partial charge in [0, 0.05) is 19.8 Å². The highest BCUT2D eigenvalue weighted by Crippen LogP contribution is 2.06. The molecule has 0 spiro atoms. The molecule has 1 aromatic heterocycles. The molecule has 2 rings (SSSR count). The van der Waals surface area contributed by atoms with Crippen molar-refractivity contribution in [2.24, 2.45) is 0 Å². The van der Waals surface area contributed by atoms with Crippen LogP contribution in [0.15, 0.2) is 47.4 Å². The van der Waals surface area contributed by atoms with Crippen molar-refractivity contribution >= 4 is 11.7 Å². The summed E-state index contributed by atoms with van der Waals surface area (Å²) in [5.74, 6) is 0. The van der Waals surface area contributed by atoms with Crippen LogP contribution in [0.25, 0.3) is 0 Å². The number of nitrogens with one attached hydrogen (secondary N) is 1. The van der Waals surface area contributed by atoms with E-state index < -0.39 is 6.03 Å². The van der Waals surface area contributed by atoms with E-state index in [4.69, 9.17) is 5.11 Å². The van der Waals surface area contributed by atoms with E-state index in [1.54, 1.807) is 29.9 Å². The Morgan fingerprint density at radius 1 is 1.26 bits per heavy atom. The fourth-order valence-corrected chi connectivity index (χ4v) is 2.11. The topological polar surface area (TPSA) is 74.6 Å². The Labute approximate surface area is 135 Å². The number of anilines is 1. The zero-order chi connectivity index (χ0) is 16.8. The molecule has 2 N–H and O–H groups in total. The number of likely N-dealkylation sites (N-methyl/N-ethyl adjacent to an activating group) is 1. The number of aromatic nitrogens is 1. The molecule has 2 aromatic rings. The number of urea groups is 1. The van der Waals surface area contributed by atoms with Gasteiger partial charge in [-0.05, 0) is 24.6 Å². The van der Waals surface area contributed by atoms with E-state index in [1.165, 1.54) is 4.90 Å². The smallest absolute Gasteiger partial charge is 0.321 e. The Kier molecular flexibility index (Phi) is 5.54. The first-order valence-corrected chi connectivity index (χ1v) is 7.39. The molecule has 0 saturated carbocycles. The third-order valence-corrected chi connectivity index (χ3v) is 3.52. The molecule has 0 radical (unpaired) electrons. The highest BCUT2D eigenvalue weighted by atomic mass is 16.3. The average Bonchev–Trinajstić information content (AvgIpc) is 2.53. The molecule has 23 heavy (non-hydrogen) atoms. The highest BCUT2D eigenvalue weighted by molar-refractivity contribution is 5.88. The van der Waals surface area contributed by atoms with Crippen molar-refractivity contribution in [3.8, 4) is 0 Å². The van der Waals surface area contributed by atoms with E-state index in [0.29, 0.717) is 6.54 Å². The summed E-state index contributed by atoms with van der Waals surface area (Å²) in [4.78, 5) is 25.7. The molecule has 0 unspecified atom stereocenters. The van der Waals surface area contributed by atoms with Gasteiger partial charge in [0.1, 0.15) is 5.69 Å². The van der Waals surface area contributed by atoms with Gasteiger partial charge in [-0.25, -0.2) is 4.79 Å². The minimum absolute atomic E-state index is 0.129. The van der Waals surface area contributed by atoms with Gasteiger partial charge in [-0.2, -0.15) is 0 Å². The summed E-state index contributed by atoms with van der Waals surface area (Å²) < 4.78 is 1.55. The number of benzene rings is 1. The van der Waals surface area contributed by atoms with Gasteiger partial charge in [0.05, 0.1) is 13.2 Å². The van der Waals surface area contributed by atoms with Crippen molar-refractivity contribution in [2.45, 2.75) is 13.5 Å². The van der Waals surface area contributed by atoms with Gasteiger partial charge in [0.2, 0.25) is 0 Å². The highest BCUT2D eigenvalue weighted by Gasteiger charge is 2.11. The summed E-state index contributed by atoms with van der Waals surface area (Å²) in [5.41, 5.74) is 2.13. The molecule has 0 aliphatic heterocycles. The Morgan fingerprint density at radius 2 is 1.96 bits per heavy atom. The lowest BCUT2D eigenvalue weighted by Crippen LogP contribution is -2.36. The number of aliphatic hydroxyl groups is 1. The zero-order valence-corrected chi connectivity index (χ0v) is 13.3. The number of rotatable bonds is 5. The first-order chi connectivity index (χ1) is 11.0. The molecule has 2 amide bonds. The van der Waals surface area contributed by atoms with Gasteiger partial charge in [-0.15, -0.1) is 0 Å². The molecule has 0 bridgehead atoms. The van der Waals surface area contributed by atoms with Crippen LogP contribution in [0, 0.1) is 6.92 Å². The molecular weight excluding hydrogens is 294 g/mol. The lowest BCUT2D eigenvalue weighted by molar-refractivity contribution is 0.202. The Balaban J connectivity index is 2.16. The Hall–Kier alpha value is -2.60. The predicted octanol–water partition coefficient (Wildman–Crippen LogP) is 1.66. The van der Waals surface area contributed by atoms with Crippen LogP contribution in [0.4, 0.5) is 10.5 Å². The maximum Gasteiger partial charge on any atom is 0.321 e. The number of aliphatic hydroxyl groups excluding tert-OH is 1. The first kappa shape index (κ1) is 16.8. The van der Waals surface area contributed by atoms with E-state index in [1.807, 2.05) is 31.2 Å². The van der Waals surface area contributed by atoms with E-state index in [-0.39, 0.29) is 24.4 Å². The molecule has 0 saturated heterocycles. The van der Waals surface area contributed by atoms with Crippen molar-refractivity contribution < 1.29 is 9.90 Å². The van der Waals surface area contributed by atoms with Crippen molar-refractivity contribution in [2.75, 3.05) is 25.5 Å². The van der Waals surface area contributed by atoms with Crippen LogP contribution in [-0.2, 0) is 6.54 Å². The number of amides is 2. The van der Waals surface area contributed by atoms with E-state index in [9.17, 15) is 9.59 Å². The monoisotopic (exact) mass is 315 g/mol. The zero-order valence-electron chi connectivity index (χ0n) is 13.3. The number of aryl methyl sites for hydroxylation is 1. The summed E-state index contributed by atoms with van der Waals surface area (Å²) in [5, 5.41) is 11.4. The molecule has 6 nitrogen and oxygen atoms in total. The van der Waals surface area contributed by atoms with E-state index in [2.05, 4.69) is 5.32 Å². The minimum atomic E-state index is -0.427. The fourth-order valence-electron chi connectivity index (χ4n) is 2.11. The molecule has 0 atom stereocenters. The molecule has 1 aromatic carbocycles. The van der Waals surface area contributed by atoms with Gasteiger partial charge >= 0.3 is 6.03 Å². The summed E-state index contributed by atoms with van der Waals surface area (Å²) >= 11 is 0. The van der Waals surface area contributed by atoms with Crippen LogP contribution in [0.3, 0.4) is 0 Å². The molecule has 0 aliphatic rings. The normalized spacial score (nSPS) is 10.4. The Bertz CT molecular complexity index is 723. The first-order valence-electron chi connectivity index (χ1n) is 7.39. The maximum atomic E-state index is 12.4. The minimum Gasteiger partial charge on any atom is -0.395 e. The fraction of sp³-hybridized carbons (Fsp3) is 0.294. The maximum absolute atomic E-state index is 12.4. The summed E-state index contributed by atoms with van der Waals surface area (Å²) in [6.07, 6.45) is 1.69. The second-order valence-electron chi connectivity index (χ2n) is 5.42. The predicted molar refractivity (Wildman–Crippen MR) is 89.7 cm³/mol. The van der Waals surface area contributed by atoms with Gasteiger partial charge in [-0.1, -0.05) is 29.8 Å². The third-order valence-electron chi connectivity index (χ3n) is 3.52. The van der Waals surface area contributed by atoms with Gasteiger partial charge in [0.25, 0.3) is 5.56 Å². The van der Waals surface area contributed by atoms with Crippen LogP contribution < -0.4 is 10.9 Å². The average molecular weight is 315 g/mol. The number of pyridine rings is 1. The molecule has 6 heteroatoms. The van der Waals surface area contributed by atoms with Crippen LogP contribution in [0.5, 0.6) is 0 Å². The summed E-state index contributed by atoms with van der Waals surface area (Å²) in [6, 6.07) is 10.8. The van der Waals surface area contributed by atoms with Crippen molar-refractivity contribution in [1.29, 1.82) is 0 Å². The standard InChI is InChI=1S/C17H21N3O3/c1-13-5-7-14(8-6-13)12-20-9-3-4-15(16(20)22)18-17(23)19(2)10-11-21/h3-9,21H,10-12H2,1-2H3,(H,18,23). The van der Waals surface area contributed by atoms with Crippen LogP contribution in [0.1, 0.15) is 11.1 Å². The van der Waals surface area contributed by atoms with E-state index in [0.717, 1.165) is 11.1 Å². The van der Waals surface area contributed by atoms with Crippen molar-refractivity contribution in [3.63, 3.8) is 0 Å². The summed E-state index contributed by atoms with van der Waals surface area (Å²) in [7, 11) is 1.55. The van der Waals surface area contributed by atoms with E-state index >= 15 is 0 Å². The van der Waals surface area contributed by atoms with Crippen LogP contribution in [0.2, 0.25) is 0 Å². The lowest BCUT2D eigenvalue weighted by Gasteiger charge is -2.16. The van der Waals surface area contributed by atoms with Gasteiger partial charge < -0.3 is 19.9 Å². The second kappa shape index (κ2) is 7.60. The third kappa shape index (κ3) is 4.43. The second-order valence-corrected chi connectivity index (χ2v) is 5.42. The molecule has 0 aliphatic carbocycles. The molecule has 1 heterocycles. The number of carbonyl (C=O) groups excluding carboxylic acids is 1. The number of hydrogen-bond donors (Lipinski definition) is 2. The number of carbonyl (C=O) groups is 1. The SMILES string of the molecule is Cc1ccc(Cn2cccc(NC(=O)N(C)CCO)c2=O)cc1. The van der Waals surface area contributed by atoms with Gasteiger partial charge in [0.15, 0.2) is 0 Å². The van der Waals surface area contributed by atoms with Crippen LogP contribution in [-0.4, -0.2) is 40.8 Å². The largest absolute Gasteiger partial charge is 0.395 e. The number of nitrogens with zero attached hydrogens (tertiary/aromatic N) is 2. The summed E-state index contributed by atoms with van der Waals surface area (Å²) in [6.45, 7) is 2.52. The van der Waals surface area contributed by atoms with Crippen molar-refractivity contribution in [3.05, 3.63) is 64.1 Å². The lowest BCUT2D eigenvalue weighted by atomic mass is 10.1. The molecule has 122 valence electrons. The quantitative estimate of drug-likeness (QED) is 0.881.